The Morgan fingerprint density at radius 2 is 2.00 bits per heavy atom. The average Bonchev–Trinajstić information content (AvgIpc) is 2.43. The summed E-state index contributed by atoms with van der Waals surface area (Å²) in [6.45, 7) is 5.92. The van der Waals surface area contributed by atoms with Gasteiger partial charge in [-0.15, -0.1) is 0 Å². The molecule has 0 saturated carbocycles. The Bertz CT molecular complexity index is 653. The number of rotatable bonds is 4. The molecule has 0 aliphatic rings. The van der Waals surface area contributed by atoms with Crippen LogP contribution in [-0.2, 0) is 0 Å². The van der Waals surface area contributed by atoms with Gasteiger partial charge in [-0.05, 0) is 56.2 Å². The van der Waals surface area contributed by atoms with E-state index in [4.69, 9.17) is 4.74 Å². The first-order valence-corrected chi connectivity index (χ1v) is 6.43. The number of nitrogens with zero attached hydrogens (tertiary/aromatic N) is 1. The third-order valence-corrected chi connectivity index (χ3v) is 3.09. The van der Waals surface area contributed by atoms with Crippen molar-refractivity contribution in [1.29, 1.82) is 0 Å². The van der Waals surface area contributed by atoms with Crippen LogP contribution in [0.25, 0.3) is 11.1 Å². The van der Waals surface area contributed by atoms with Crippen LogP contribution in [0.1, 0.15) is 28.7 Å². The van der Waals surface area contributed by atoms with Crippen LogP contribution in [-0.4, -0.2) is 17.9 Å². The normalized spacial score (nSPS) is 10.4. The Balaban J connectivity index is 2.64. The van der Waals surface area contributed by atoms with Gasteiger partial charge in [0.05, 0.1) is 6.61 Å². The van der Waals surface area contributed by atoms with Crippen molar-refractivity contribution in [2.75, 3.05) is 6.61 Å². The number of halogens is 1. The minimum absolute atomic E-state index is 0.334. The SMILES string of the molecule is CCOc1ccc(F)c(-c2cc(C)nc(C=O)c2C)c1. The number of ether oxygens (including phenoxy) is 1. The van der Waals surface area contributed by atoms with E-state index in [1.165, 1.54) is 6.07 Å². The van der Waals surface area contributed by atoms with Crippen LogP contribution >= 0.6 is 0 Å². The van der Waals surface area contributed by atoms with Gasteiger partial charge in [0, 0.05) is 11.3 Å². The van der Waals surface area contributed by atoms with Crippen molar-refractivity contribution >= 4 is 6.29 Å². The lowest BCUT2D eigenvalue weighted by Crippen LogP contribution is -1.99. The van der Waals surface area contributed by atoms with E-state index in [0.29, 0.717) is 46.7 Å². The second kappa shape index (κ2) is 5.82. The number of carbonyl (C=O) groups is 1. The van der Waals surface area contributed by atoms with Crippen molar-refractivity contribution in [2.24, 2.45) is 0 Å². The van der Waals surface area contributed by atoms with Crippen molar-refractivity contribution < 1.29 is 13.9 Å². The molecule has 0 spiro atoms. The molecule has 0 N–H and O–H groups in total. The second-order valence-electron chi connectivity index (χ2n) is 4.51. The van der Waals surface area contributed by atoms with Crippen LogP contribution in [0, 0.1) is 19.7 Å². The summed E-state index contributed by atoms with van der Waals surface area (Å²) in [6.07, 6.45) is 0.691. The molecular formula is C16H16FNO2. The Morgan fingerprint density at radius 3 is 2.65 bits per heavy atom. The van der Waals surface area contributed by atoms with Crippen molar-refractivity contribution in [3.63, 3.8) is 0 Å². The Kier molecular flexibility index (Phi) is 4.13. The van der Waals surface area contributed by atoms with Gasteiger partial charge in [0.2, 0.25) is 0 Å². The largest absolute Gasteiger partial charge is 0.494 e. The molecule has 1 aromatic heterocycles. The number of hydrogen-bond donors (Lipinski definition) is 0. The molecule has 104 valence electrons. The zero-order valence-electron chi connectivity index (χ0n) is 11.7. The van der Waals surface area contributed by atoms with Crippen LogP contribution in [0.2, 0.25) is 0 Å². The summed E-state index contributed by atoms with van der Waals surface area (Å²) in [6, 6.07) is 6.38. The number of hydrogen-bond acceptors (Lipinski definition) is 3. The van der Waals surface area contributed by atoms with Crippen molar-refractivity contribution in [3.05, 3.63) is 47.0 Å². The molecule has 0 unspecified atom stereocenters. The highest BCUT2D eigenvalue weighted by Gasteiger charge is 2.13. The number of carbonyl (C=O) groups excluding carboxylic acids is 1. The summed E-state index contributed by atoms with van der Waals surface area (Å²) in [5, 5.41) is 0. The Morgan fingerprint density at radius 1 is 1.25 bits per heavy atom. The molecule has 0 atom stereocenters. The smallest absolute Gasteiger partial charge is 0.168 e. The van der Waals surface area contributed by atoms with E-state index in [2.05, 4.69) is 4.98 Å². The molecule has 2 aromatic rings. The molecule has 1 heterocycles. The zero-order chi connectivity index (χ0) is 14.7. The van der Waals surface area contributed by atoms with E-state index in [-0.39, 0.29) is 5.82 Å². The number of aldehydes is 1. The fourth-order valence-corrected chi connectivity index (χ4v) is 2.12. The quantitative estimate of drug-likeness (QED) is 0.797. The summed E-state index contributed by atoms with van der Waals surface area (Å²) in [4.78, 5) is 15.2. The fourth-order valence-electron chi connectivity index (χ4n) is 2.12. The van der Waals surface area contributed by atoms with Gasteiger partial charge in [-0.1, -0.05) is 0 Å². The highest BCUT2D eigenvalue weighted by atomic mass is 19.1. The van der Waals surface area contributed by atoms with Gasteiger partial charge in [-0.25, -0.2) is 4.39 Å². The highest BCUT2D eigenvalue weighted by molar-refractivity contribution is 5.81. The van der Waals surface area contributed by atoms with E-state index in [1.807, 2.05) is 6.92 Å². The molecule has 0 saturated heterocycles. The molecule has 0 amide bonds. The molecule has 4 heteroatoms. The van der Waals surface area contributed by atoms with E-state index in [9.17, 15) is 9.18 Å². The predicted molar refractivity (Wildman–Crippen MR) is 75.7 cm³/mol. The van der Waals surface area contributed by atoms with Crippen LogP contribution in [0.3, 0.4) is 0 Å². The molecule has 1 aromatic carbocycles. The summed E-state index contributed by atoms with van der Waals surface area (Å²) >= 11 is 0. The average molecular weight is 273 g/mol. The fraction of sp³-hybridized carbons (Fsp3) is 0.250. The molecule has 0 aliphatic carbocycles. The van der Waals surface area contributed by atoms with Crippen molar-refractivity contribution in [3.8, 4) is 16.9 Å². The molecular weight excluding hydrogens is 257 g/mol. The second-order valence-corrected chi connectivity index (χ2v) is 4.51. The van der Waals surface area contributed by atoms with Gasteiger partial charge in [-0.2, -0.15) is 0 Å². The van der Waals surface area contributed by atoms with Crippen LogP contribution < -0.4 is 4.74 Å². The molecule has 0 bridgehead atoms. The highest BCUT2D eigenvalue weighted by Crippen LogP contribution is 2.30. The van der Waals surface area contributed by atoms with Crippen molar-refractivity contribution in [2.45, 2.75) is 20.8 Å². The van der Waals surface area contributed by atoms with Crippen LogP contribution in [0.4, 0.5) is 4.39 Å². The molecule has 20 heavy (non-hydrogen) atoms. The first-order chi connectivity index (χ1) is 9.56. The van der Waals surface area contributed by atoms with Gasteiger partial charge in [-0.3, -0.25) is 9.78 Å². The topological polar surface area (TPSA) is 39.2 Å². The van der Waals surface area contributed by atoms with Crippen molar-refractivity contribution in [1.82, 2.24) is 4.98 Å². The van der Waals surface area contributed by atoms with Gasteiger partial charge in [0.25, 0.3) is 0 Å². The molecule has 2 rings (SSSR count). The summed E-state index contributed by atoms with van der Waals surface area (Å²) in [5.41, 5.74) is 2.76. The first kappa shape index (κ1) is 14.2. The van der Waals surface area contributed by atoms with E-state index in [1.54, 1.807) is 32.0 Å². The molecule has 3 nitrogen and oxygen atoms in total. The minimum Gasteiger partial charge on any atom is -0.494 e. The van der Waals surface area contributed by atoms with Gasteiger partial charge < -0.3 is 4.74 Å². The van der Waals surface area contributed by atoms with E-state index >= 15 is 0 Å². The monoisotopic (exact) mass is 273 g/mol. The molecule has 0 radical (unpaired) electrons. The summed E-state index contributed by atoms with van der Waals surface area (Å²) in [7, 11) is 0. The number of pyridine rings is 1. The third kappa shape index (κ3) is 2.69. The molecule has 0 fully saturated rings. The number of benzene rings is 1. The van der Waals surface area contributed by atoms with Crippen LogP contribution in [0.15, 0.2) is 24.3 Å². The minimum atomic E-state index is -0.348. The summed E-state index contributed by atoms with van der Waals surface area (Å²) < 4.78 is 19.5. The van der Waals surface area contributed by atoms with E-state index in [0.717, 1.165) is 0 Å². The predicted octanol–water partition coefficient (Wildman–Crippen LogP) is 3.72. The lowest BCUT2D eigenvalue weighted by Gasteiger charge is -2.12. The first-order valence-electron chi connectivity index (χ1n) is 6.43. The maximum absolute atomic E-state index is 14.1. The summed E-state index contributed by atoms with van der Waals surface area (Å²) in [5.74, 6) is 0.254. The lowest BCUT2D eigenvalue weighted by molar-refractivity contribution is 0.111. The molecule has 0 aliphatic heterocycles. The zero-order valence-corrected chi connectivity index (χ0v) is 11.7. The maximum Gasteiger partial charge on any atom is 0.168 e. The Labute approximate surface area is 117 Å². The van der Waals surface area contributed by atoms with E-state index < -0.39 is 0 Å². The lowest BCUT2D eigenvalue weighted by atomic mass is 9.98. The van der Waals surface area contributed by atoms with Gasteiger partial charge in [0.15, 0.2) is 6.29 Å². The van der Waals surface area contributed by atoms with Gasteiger partial charge >= 0.3 is 0 Å². The number of aryl methyl sites for hydroxylation is 1. The maximum atomic E-state index is 14.1. The Hall–Kier alpha value is -2.23. The third-order valence-electron chi connectivity index (χ3n) is 3.09. The van der Waals surface area contributed by atoms with Gasteiger partial charge in [0.1, 0.15) is 17.3 Å². The number of aromatic nitrogens is 1. The van der Waals surface area contributed by atoms with Crippen LogP contribution in [0.5, 0.6) is 5.75 Å². The standard InChI is InChI=1S/C16H16FNO2/c1-4-20-12-5-6-15(17)14(8-12)13-7-10(2)18-16(9-19)11(13)3/h5-9H,4H2,1-3H3.